The minimum absolute atomic E-state index is 0.104. The van der Waals surface area contributed by atoms with Gasteiger partial charge in [-0.15, -0.1) is 10.2 Å². The van der Waals surface area contributed by atoms with E-state index in [0.29, 0.717) is 23.1 Å². The van der Waals surface area contributed by atoms with Crippen LogP contribution >= 0.6 is 27.7 Å². The maximum atomic E-state index is 12.4. The Balaban J connectivity index is 1.59. The van der Waals surface area contributed by atoms with E-state index in [9.17, 15) is 9.59 Å². The monoisotopic (exact) mass is 501 g/mol. The summed E-state index contributed by atoms with van der Waals surface area (Å²) >= 11 is 4.71. The van der Waals surface area contributed by atoms with Crippen LogP contribution in [0.15, 0.2) is 52.1 Å². The van der Waals surface area contributed by atoms with Crippen LogP contribution in [-0.2, 0) is 17.9 Å². The van der Waals surface area contributed by atoms with Gasteiger partial charge in [-0.1, -0.05) is 36.0 Å². The number of halogens is 1. The third-order valence-corrected chi connectivity index (χ3v) is 6.29. The number of nitrogens with zero attached hydrogens (tertiary/aromatic N) is 3. The lowest BCUT2D eigenvalue weighted by atomic mass is 10.1. The molecule has 0 aliphatic heterocycles. The molecular weight excluding hydrogens is 478 g/mol. The second kappa shape index (κ2) is 10.6. The lowest BCUT2D eigenvalue weighted by molar-refractivity contribution is -0.113. The van der Waals surface area contributed by atoms with Gasteiger partial charge >= 0.3 is 0 Å². The van der Waals surface area contributed by atoms with Crippen molar-refractivity contribution in [1.82, 2.24) is 20.1 Å². The van der Waals surface area contributed by atoms with Crippen molar-refractivity contribution in [3.05, 3.63) is 69.5 Å². The summed E-state index contributed by atoms with van der Waals surface area (Å²) in [6, 6.07) is 13.2. The number of nitrogens with one attached hydrogen (secondary N) is 2. The fourth-order valence-electron chi connectivity index (χ4n) is 2.96. The highest BCUT2D eigenvalue weighted by Crippen LogP contribution is 2.20. The molecule has 9 heteroatoms. The molecule has 2 amide bonds. The number of hydrogen-bond donors (Lipinski definition) is 2. The summed E-state index contributed by atoms with van der Waals surface area (Å²) in [4.78, 5) is 24.8. The summed E-state index contributed by atoms with van der Waals surface area (Å²) in [6.07, 6.45) is 0. The largest absolute Gasteiger partial charge is 0.345 e. The molecule has 3 aromatic rings. The second-order valence-corrected chi connectivity index (χ2v) is 8.76. The molecule has 0 aliphatic rings. The average molecular weight is 502 g/mol. The molecule has 2 aromatic carbocycles. The van der Waals surface area contributed by atoms with Crippen LogP contribution < -0.4 is 10.6 Å². The lowest BCUT2D eigenvalue weighted by Crippen LogP contribution is -2.25. The van der Waals surface area contributed by atoms with Gasteiger partial charge < -0.3 is 15.2 Å². The van der Waals surface area contributed by atoms with Gasteiger partial charge in [0.2, 0.25) is 5.91 Å². The number of anilines is 1. The van der Waals surface area contributed by atoms with Gasteiger partial charge in [0, 0.05) is 16.7 Å². The van der Waals surface area contributed by atoms with E-state index in [2.05, 4.69) is 36.8 Å². The molecular formula is C22H24BrN5O2S. The number of aromatic nitrogens is 3. The van der Waals surface area contributed by atoms with Crippen LogP contribution in [0.5, 0.6) is 0 Å². The Bertz CT molecular complexity index is 1100. The van der Waals surface area contributed by atoms with Crippen molar-refractivity contribution in [2.45, 2.75) is 39.0 Å². The van der Waals surface area contributed by atoms with Crippen molar-refractivity contribution < 1.29 is 9.59 Å². The van der Waals surface area contributed by atoms with Gasteiger partial charge in [-0.05, 0) is 66.0 Å². The van der Waals surface area contributed by atoms with Crippen molar-refractivity contribution in [2.75, 3.05) is 11.1 Å². The van der Waals surface area contributed by atoms with Crippen LogP contribution in [-0.4, -0.2) is 32.3 Å². The van der Waals surface area contributed by atoms with E-state index in [1.807, 2.05) is 61.7 Å². The predicted molar refractivity (Wildman–Crippen MR) is 126 cm³/mol. The maximum absolute atomic E-state index is 12.4. The number of hydrogen-bond acceptors (Lipinski definition) is 5. The van der Waals surface area contributed by atoms with E-state index in [-0.39, 0.29) is 24.1 Å². The molecule has 162 valence electrons. The molecule has 0 atom stereocenters. The quantitative estimate of drug-likeness (QED) is 0.448. The molecule has 0 aliphatic carbocycles. The first-order valence-electron chi connectivity index (χ1n) is 9.83. The minimum atomic E-state index is -0.194. The van der Waals surface area contributed by atoms with Crippen LogP contribution in [0.25, 0.3) is 0 Å². The molecule has 0 saturated carbocycles. The Labute approximate surface area is 194 Å². The van der Waals surface area contributed by atoms with Crippen molar-refractivity contribution >= 4 is 45.2 Å². The second-order valence-electron chi connectivity index (χ2n) is 6.96. The van der Waals surface area contributed by atoms with E-state index < -0.39 is 0 Å². The van der Waals surface area contributed by atoms with Gasteiger partial charge in [0.25, 0.3) is 5.91 Å². The highest BCUT2D eigenvalue weighted by atomic mass is 79.9. The first kappa shape index (κ1) is 23.0. The first-order valence-corrected chi connectivity index (χ1v) is 11.6. The Hall–Kier alpha value is -2.65. The average Bonchev–Trinajstić information content (AvgIpc) is 3.15. The van der Waals surface area contributed by atoms with Crippen molar-refractivity contribution in [2.24, 2.45) is 0 Å². The molecule has 2 N–H and O–H groups in total. The standard InChI is InChI=1S/C22H24BrN5O2S/c1-4-28-19(12-24-21(30)16-7-5-6-8-17(16)23)26-27-22(28)31-13-20(29)25-18-11-14(2)9-10-15(18)3/h5-11H,4,12-13H2,1-3H3,(H,24,30)(H,25,29). The van der Waals surface area contributed by atoms with Gasteiger partial charge in [-0.2, -0.15) is 0 Å². The Morgan fingerprint density at radius 3 is 2.65 bits per heavy atom. The summed E-state index contributed by atoms with van der Waals surface area (Å²) in [5.74, 6) is 0.558. The third kappa shape index (κ3) is 5.95. The zero-order valence-corrected chi connectivity index (χ0v) is 20.0. The van der Waals surface area contributed by atoms with Gasteiger partial charge in [-0.3, -0.25) is 9.59 Å². The molecule has 0 radical (unpaired) electrons. The molecule has 1 heterocycles. The van der Waals surface area contributed by atoms with Gasteiger partial charge in [-0.25, -0.2) is 0 Å². The van der Waals surface area contributed by atoms with E-state index in [1.54, 1.807) is 6.07 Å². The molecule has 7 nitrogen and oxygen atoms in total. The fourth-order valence-corrected chi connectivity index (χ4v) is 4.25. The maximum Gasteiger partial charge on any atom is 0.252 e. The molecule has 0 unspecified atom stereocenters. The number of rotatable bonds is 8. The summed E-state index contributed by atoms with van der Waals surface area (Å²) in [7, 11) is 0. The van der Waals surface area contributed by atoms with E-state index in [0.717, 1.165) is 21.3 Å². The van der Waals surface area contributed by atoms with Crippen LogP contribution in [0.4, 0.5) is 5.69 Å². The minimum Gasteiger partial charge on any atom is -0.345 e. The first-order chi connectivity index (χ1) is 14.9. The number of carbonyl (C=O) groups is 2. The Morgan fingerprint density at radius 2 is 1.90 bits per heavy atom. The number of benzene rings is 2. The van der Waals surface area contributed by atoms with E-state index in [4.69, 9.17) is 0 Å². The van der Waals surface area contributed by atoms with E-state index >= 15 is 0 Å². The molecule has 0 fully saturated rings. The summed E-state index contributed by atoms with van der Waals surface area (Å²) < 4.78 is 2.63. The number of thioether (sulfide) groups is 1. The topological polar surface area (TPSA) is 88.9 Å². The van der Waals surface area contributed by atoms with Gasteiger partial charge in [0.15, 0.2) is 11.0 Å². The smallest absolute Gasteiger partial charge is 0.252 e. The SMILES string of the molecule is CCn1c(CNC(=O)c2ccccc2Br)nnc1SCC(=O)Nc1cc(C)ccc1C. The van der Waals surface area contributed by atoms with Crippen LogP contribution in [0.3, 0.4) is 0 Å². The molecule has 3 rings (SSSR count). The summed E-state index contributed by atoms with van der Waals surface area (Å²) in [5.41, 5.74) is 3.48. The molecule has 0 spiro atoms. The predicted octanol–water partition coefficient (Wildman–Crippen LogP) is 4.34. The lowest BCUT2D eigenvalue weighted by Gasteiger charge is -2.10. The zero-order valence-electron chi connectivity index (χ0n) is 17.6. The van der Waals surface area contributed by atoms with Crippen LogP contribution in [0.2, 0.25) is 0 Å². The van der Waals surface area contributed by atoms with Gasteiger partial charge in [0.05, 0.1) is 17.9 Å². The summed E-state index contributed by atoms with van der Waals surface area (Å²) in [5, 5.41) is 14.9. The van der Waals surface area contributed by atoms with E-state index in [1.165, 1.54) is 11.8 Å². The van der Waals surface area contributed by atoms with Gasteiger partial charge in [0.1, 0.15) is 0 Å². The Kier molecular flexibility index (Phi) is 7.86. The van der Waals surface area contributed by atoms with Crippen molar-refractivity contribution in [3.8, 4) is 0 Å². The Morgan fingerprint density at radius 1 is 1.13 bits per heavy atom. The number of aryl methyl sites for hydroxylation is 2. The molecule has 31 heavy (non-hydrogen) atoms. The van der Waals surface area contributed by atoms with Crippen molar-refractivity contribution in [3.63, 3.8) is 0 Å². The zero-order chi connectivity index (χ0) is 22.4. The van der Waals surface area contributed by atoms with Crippen molar-refractivity contribution in [1.29, 1.82) is 0 Å². The molecule has 0 bridgehead atoms. The van der Waals surface area contributed by atoms with Crippen LogP contribution in [0.1, 0.15) is 34.2 Å². The number of amides is 2. The van der Waals surface area contributed by atoms with Crippen LogP contribution in [0, 0.1) is 13.8 Å². The fraction of sp³-hybridized carbons (Fsp3) is 0.273. The molecule has 1 aromatic heterocycles. The summed E-state index contributed by atoms with van der Waals surface area (Å²) in [6.45, 7) is 6.81. The third-order valence-electron chi connectivity index (χ3n) is 4.63. The number of carbonyl (C=O) groups excluding carboxylic acids is 2. The highest BCUT2D eigenvalue weighted by molar-refractivity contribution is 9.10. The normalized spacial score (nSPS) is 10.7. The molecule has 0 saturated heterocycles. The highest BCUT2D eigenvalue weighted by Gasteiger charge is 2.15.